The molecule has 0 aromatic heterocycles. The van der Waals surface area contributed by atoms with Gasteiger partial charge in [0.15, 0.2) is 11.6 Å². The molecule has 1 atom stereocenters. The largest absolute Gasteiger partial charge is 0.490 e. The van der Waals surface area contributed by atoms with Crippen molar-refractivity contribution in [2.24, 2.45) is 0 Å². The van der Waals surface area contributed by atoms with Crippen molar-refractivity contribution >= 4 is 25.0 Å². The van der Waals surface area contributed by atoms with Crippen LogP contribution in [0.4, 0.5) is 4.39 Å². The normalized spacial score (nSPS) is 11.8. The topological polar surface area (TPSA) is 123 Å². The Hall–Kier alpha value is -3.68. The van der Waals surface area contributed by atoms with E-state index in [1.807, 2.05) is 0 Å². The molecule has 172 valence electrons. The summed E-state index contributed by atoms with van der Waals surface area (Å²) >= 11 is 0. The van der Waals surface area contributed by atoms with E-state index in [2.05, 4.69) is 5.32 Å². The highest BCUT2D eigenvalue weighted by atomic mass is 19.1. The first-order valence-corrected chi connectivity index (χ1v) is 10.2. The smallest absolute Gasteiger partial charge is 0.453 e. The summed E-state index contributed by atoms with van der Waals surface area (Å²) in [4.78, 5) is 25.5. The maximum absolute atomic E-state index is 14.8. The number of hydrogen-bond donors (Lipinski definition) is 3. The predicted octanol–water partition coefficient (Wildman–Crippen LogP) is 1.92. The lowest BCUT2D eigenvalue weighted by Crippen LogP contribution is -2.32. The fourth-order valence-corrected chi connectivity index (χ4v) is 2.98. The van der Waals surface area contributed by atoms with Gasteiger partial charge in [-0.1, -0.05) is 42.5 Å². The lowest BCUT2D eigenvalue weighted by molar-refractivity contribution is -0.124. The Morgan fingerprint density at radius 2 is 1.91 bits per heavy atom. The Morgan fingerprint density at radius 1 is 1.21 bits per heavy atom. The molecule has 0 fully saturated rings. The number of halogens is 1. The van der Waals surface area contributed by atoms with Crippen LogP contribution in [0.2, 0.25) is 6.32 Å². The van der Waals surface area contributed by atoms with Gasteiger partial charge in [0, 0.05) is 26.0 Å². The Balaban J connectivity index is 2.02. The van der Waals surface area contributed by atoms with Gasteiger partial charge in [0.25, 0.3) is 5.91 Å². The number of hydrogen-bond acceptors (Lipinski definition) is 6. The van der Waals surface area contributed by atoms with Gasteiger partial charge >= 0.3 is 7.12 Å². The lowest BCUT2D eigenvalue weighted by Gasteiger charge is -2.19. The first kappa shape index (κ1) is 25.6. The van der Waals surface area contributed by atoms with Crippen molar-refractivity contribution in [2.75, 3.05) is 20.7 Å². The minimum atomic E-state index is -1.60. The lowest BCUT2D eigenvalue weighted by atomic mass is 9.79. The van der Waals surface area contributed by atoms with Crippen LogP contribution in [0.15, 0.2) is 54.1 Å². The van der Waals surface area contributed by atoms with E-state index < -0.39 is 30.8 Å². The van der Waals surface area contributed by atoms with Crippen molar-refractivity contribution in [3.05, 3.63) is 71.0 Å². The summed E-state index contributed by atoms with van der Waals surface area (Å²) in [5.41, 5.74) is 0.490. The van der Waals surface area contributed by atoms with E-state index in [0.29, 0.717) is 5.56 Å². The van der Waals surface area contributed by atoms with Gasteiger partial charge in [0.1, 0.15) is 11.6 Å². The number of amides is 2. The molecule has 0 unspecified atom stereocenters. The fraction of sp³-hybridized carbons (Fsp3) is 0.261. The van der Waals surface area contributed by atoms with E-state index in [-0.39, 0.29) is 36.2 Å². The molecule has 0 aliphatic heterocycles. The van der Waals surface area contributed by atoms with Crippen LogP contribution in [0.3, 0.4) is 0 Å². The minimum Gasteiger partial charge on any atom is -0.490 e. The van der Waals surface area contributed by atoms with Crippen LogP contribution in [-0.2, 0) is 9.59 Å². The van der Waals surface area contributed by atoms with E-state index in [1.54, 1.807) is 36.4 Å². The summed E-state index contributed by atoms with van der Waals surface area (Å²) in [6.45, 7) is -0.138. The van der Waals surface area contributed by atoms with Gasteiger partial charge in [-0.25, -0.2) is 4.39 Å². The third-order valence-electron chi connectivity index (χ3n) is 4.62. The van der Waals surface area contributed by atoms with Crippen LogP contribution in [0.1, 0.15) is 23.6 Å². The van der Waals surface area contributed by atoms with Gasteiger partial charge in [0.2, 0.25) is 5.91 Å². The van der Waals surface area contributed by atoms with E-state index in [0.717, 1.165) is 6.08 Å². The van der Waals surface area contributed by atoms with Crippen molar-refractivity contribution < 1.29 is 28.8 Å². The maximum atomic E-state index is 14.8. The molecule has 2 amide bonds. The van der Waals surface area contributed by atoms with Gasteiger partial charge in [0.05, 0.1) is 19.1 Å². The van der Waals surface area contributed by atoms with Gasteiger partial charge in [-0.15, -0.1) is 0 Å². The average Bonchev–Trinajstić information content (AvgIpc) is 2.78. The molecular weight excluding hydrogens is 428 g/mol. The number of rotatable bonds is 10. The Morgan fingerprint density at radius 3 is 2.52 bits per heavy atom. The number of benzene rings is 2. The predicted molar refractivity (Wildman–Crippen MR) is 121 cm³/mol. The van der Waals surface area contributed by atoms with Crippen molar-refractivity contribution in [1.29, 1.82) is 5.26 Å². The summed E-state index contributed by atoms with van der Waals surface area (Å²) in [5.74, 6) is -1.86. The van der Waals surface area contributed by atoms with Gasteiger partial charge < -0.3 is 25.0 Å². The molecule has 0 aliphatic carbocycles. The summed E-state index contributed by atoms with van der Waals surface area (Å²) in [6.07, 6.45) is 0.946. The molecule has 0 radical (unpaired) electrons. The molecule has 0 spiro atoms. The van der Waals surface area contributed by atoms with Crippen LogP contribution in [0.25, 0.3) is 6.08 Å². The first-order valence-electron chi connectivity index (χ1n) is 10.2. The number of carbonyl (C=O) groups excluding carboxylic acids is 2. The quantitative estimate of drug-likeness (QED) is 0.287. The van der Waals surface area contributed by atoms with Gasteiger partial charge in [-0.2, -0.15) is 5.26 Å². The van der Waals surface area contributed by atoms with E-state index in [1.165, 1.54) is 37.2 Å². The van der Waals surface area contributed by atoms with Crippen LogP contribution < -0.4 is 10.1 Å². The highest BCUT2D eigenvalue weighted by Gasteiger charge is 2.21. The molecule has 8 nitrogen and oxygen atoms in total. The summed E-state index contributed by atoms with van der Waals surface area (Å²) in [6, 6.07) is 14.3. The molecule has 33 heavy (non-hydrogen) atoms. The molecule has 0 aliphatic rings. The fourth-order valence-electron chi connectivity index (χ4n) is 2.98. The number of nitriles is 1. The van der Waals surface area contributed by atoms with Crippen molar-refractivity contribution in [2.45, 2.75) is 18.8 Å². The highest BCUT2D eigenvalue weighted by molar-refractivity contribution is 6.41. The molecule has 0 saturated heterocycles. The molecule has 10 heteroatoms. The van der Waals surface area contributed by atoms with Gasteiger partial charge in [-0.3, -0.25) is 9.59 Å². The molecule has 2 aromatic rings. The van der Waals surface area contributed by atoms with E-state index in [4.69, 9.17) is 4.74 Å². The monoisotopic (exact) mass is 453 g/mol. The number of nitrogens with one attached hydrogen (secondary N) is 1. The van der Waals surface area contributed by atoms with Crippen LogP contribution >= 0.6 is 0 Å². The Kier molecular flexibility index (Phi) is 9.60. The second kappa shape index (κ2) is 12.4. The second-order valence-corrected chi connectivity index (χ2v) is 7.37. The van der Waals surface area contributed by atoms with Crippen molar-refractivity contribution in [3.8, 4) is 11.8 Å². The average molecular weight is 453 g/mol. The summed E-state index contributed by atoms with van der Waals surface area (Å²) in [5, 5.41) is 30.5. The summed E-state index contributed by atoms with van der Waals surface area (Å²) < 4.78 is 20.2. The number of ether oxygens (including phenoxy) is 1. The van der Waals surface area contributed by atoms with E-state index in [9.17, 15) is 29.3 Å². The molecule has 2 aromatic carbocycles. The molecule has 2 rings (SSSR count). The molecule has 3 N–H and O–H groups in total. The third-order valence-corrected chi connectivity index (χ3v) is 4.62. The number of nitrogens with zero attached hydrogens (tertiary/aromatic N) is 2. The van der Waals surface area contributed by atoms with Crippen LogP contribution in [0, 0.1) is 17.1 Å². The van der Waals surface area contributed by atoms with Gasteiger partial charge in [-0.05, 0) is 17.7 Å². The standard InChI is InChI=1S/C23H25BFN3O5/c1-28(2)23(30)18(15-26)13-17-9-6-10-20(22(17)25)33-12-11-21(29)27-19(14-24(31)32)16-7-4-3-5-8-16/h3-10,13,19,31-32H,11-12,14H2,1-2H3,(H,27,29)/t19-/m0/s1. The number of carbonyl (C=O) groups is 2. The van der Waals surface area contributed by atoms with Crippen LogP contribution in [-0.4, -0.2) is 54.6 Å². The zero-order chi connectivity index (χ0) is 24.4. The minimum absolute atomic E-state index is 0.00442. The Labute approximate surface area is 192 Å². The molecule has 0 saturated carbocycles. The number of likely N-dealkylation sites (N-methyl/N-ethyl adjacent to an activating group) is 1. The Bertz CT molecular complexity index is 1040. The van der Waals surface area contributed by atoms with Crippen LogP contribution in [0.5, 0.6) is 5.75 Å². The maximum Gasteiger partial charge on any atom is 0.453 e. The van der Waals surface area contributed by atoms with E-state index >= 15 is 0 Å². The highest BCUT2D eigenvalue weighted by Crippen LogP contribution is 2.23. The summed E-state index contributed by atoms with van der Waals surface area (Å²) in [7, 11) is 1.37. The SMILES string of the molecule is CN(C)C(=O)C(C#N)=Cc1cccc(OCCC(=O)N[C@@H](CB(O)O)c2ccccc2)c1F. The third kappa shape index (κ3) is 7.75. The van der Waals surface area contributed by atoms with Crippen molar-refractivity contribution in [1.82, 2.24) is 10.2 Å². The molecule has 0 bridgehead atoms. The molecule has 0 heterocycles. The second-order valence-electron chi connectivity index (χ2n) is 7.37. The molecular formula is C23H25BFN3O5. The zero-order valence-electron chi connectivity index (χ0n) is 18.4. The zero-order valence-corrected chi connectivity index (χ0v) is 18.4. The first-order chi connectivity index (χ1) is 15.7. The van der Waals surface area contributed by atoms with Crippen molar-refractivity contribution in [3.63, 3.8) is 0 Å².